The number of hydrogen-bond acceptors (Lipinski definition) is 6. The molecule has 0 amide bonds. The summed E-state index contributed by atoms with van der Waals surface area (Å²) in [6.45, 7) is 19.4. The number of hydrogen-bond donors (Lipinski definition) is 4. The first-order valence-corrected chi connectivity index (χ1v) is 18.0. The van der Waals surface area contributed by atoms with Crippen molar-refractivity contribution in [2.75, 3.05) is 0 Å². The van der Waals surface area contributed by atoms with E-state index < -0.39 is 11.1 Å². The second-order valence-corrected chi connectivity index (χ2v) is 11.4. The highest BCUT2D eigenvalue weighted by Gasteiger charge is 2.16. The van der Waals surface area contributed by atoms with Gasteiger partial charge in [-0.05, 0) is 97.3 Å². The Morgan fingerprint density at radius 1 is 0.736 bits per heavy atom. The average molecular weight is 735 g/mol. The maximum Gasteiger partial charge on any atom is 0.260 e. The van der Waals surface area contributed by atoms with Crippen molar-refractivity contribution in [1.82, 2.24) is 9.97 Å². The predicted octanol–water partition coefficient (Wildman–Crippen LogP) is 11.8. The number of ether oxygens (including phenoxy) is 2. The van der Waals surface area contributed by atoms with E-state index in [1.54, 1.807) is 97.9 Å². The molecule has 53 heavy (non-hydrogen) atoms. The van der Waals surface area contributed by atoms with Crippen molar-refractivity contribution in [2.45, 2.75) is 55.4 Å². The Hall–Kier alpha value is -5.99. The molecule has 0 atom stereocenters. The number of nitrogens with one attached hydrogen (secondary N) is 2. The van der Waals surface area contributed by atoms with Gasteiger partial charge in [0, 0.05) is 21.9 Å². The standard InChI is InChI=1S/C38H29ClN2O6.3C2H6/c1-4-7-25(17-22(3)33-35(42)30-15-13-24(39)19-32(30)41-37(33)44)46-27-10-6-11-28(20-27)47-26-9-5-8-23(18-26)34-36(43)29-14-12-21(2)16-31(29)40-38(34)45;3*1-2/h4-20H,1H2,2-3H3,(H2,40,43,45)(H2,41,42,44);3*1-2H3/b22-17+,25-7+;;;. The molecule has 4 N–H and O–H groups in total. The number of aryl methyl sites for hydroxylation is 1. The van der Waals surface area contributed by atoms with Crippen LogP contribution in [-0.2, 0) is 0 Å². The van der Waals surface area contributed by atoms with Gasteiger partial charge in [0.1, 0.15) is 34.5 Å². The van der Waals surface area contributed by atoms with Crippen LogP contribution in [0, 0.1) is 6.92 Å². The van der Waals surface area contributed by atoms with Gasteiger partial charge in [-0.15, -0.1) is 0 Å². The summed E-state index contributed by atoms with van der Waals surface area (Å²) in [7, 11) is 0. The predicted molar refractivity (Wildman–Crippen MR) is 221 cm³/mol. The first-order chi connectivity index (χ1) is 25.6. The summed E-state index contributed by atoms with van der Waals surface area (Å²) in [5.41, 5.74) is 2.24. The van der Waals surface area contributed by atoms with Crippen molar-refractivity contribution < 1.29 is 19.7 Å². The Morgan fingerprint density at radius 2 is 1.32 bits per heavy atom. The van der Waals surface area contributed by atoms with Crippen molar-refractivity contribution >= 4 is 39.0 Å². The first-order valence-electron chi connectivity index (χ1n) is 17.6. The molecule has 0 bridgehead atoms. The molecular formula is C44H47ClN2O6. The van der Waals surface area contributed by atoms with Crippen LogP contribution in [-0.4, -0.2) is 20.2 Å². The van der Waals surface area contributed by atoms with Gasteiger partial charge >= 0.3 is 0 Å². The fourth-order valence-electron chi connectivity index (χ4n) is 5.38. The number of fused-ring (bicyclic) bond motifs is 2. The third-order valence-corrected chi connectivity index (χ3v) is 7.76. The molecule has 0 spiro atoms. The van der Waals surface area contributed by atoms with Crippen molar-refractivity contribution in [2.24, 2.45) is 0 Å². The maximum atomic E-state index is 13.0. The number of aromatic nitrogens is 2. The number of H-pyrrole nitrogens is 2. The number of pyridine rings is 2. The second-order valence-electron chi connectivity index (χ2n) is 10.9. The van der Waals surface area contributed by atoms with Gasteiger partial charge in [-0.25, -0.2) is 0 Å². The van der Waals surface area contributed by atoms with Crippen LogP contribution in [0.25, 0.3) is 38.5 Å². The van der Waals surface area contributed by atoms with Crippen LogP contribution in [0.3, 0.4) is 0 Å². The normalized spacial score (nSPS) is 11.0. The zero-order valence-corrected chi connectivity index (χ0v) is 32.2. The fraction of sp³-hybridized carbons (Fsp3) is 0.182. The summed E-state index contributed by atoms with van der Waals surface area (Å²) in [6, 6.07) is 24.1. The number of allylic oxidation sites excluding steroid dienone is 4. The third-order valence-electron chi connectivity index (χ3n) is 7.53. The molecule has 9 heteroatoms. The van der Waals surface area contributed by atoms with E-state index in [0.717, 1.165) is 5.56 Å². The lowest BCUT2D eigenvalue weighted by Gasteiger charge is -2.12. The van der Waals surface area contributed by atoms with Gasteiger partial charge in [0.05, 0.1) is 22.2 Å². The Morgan fingerprint density at radius 3 is 2.02 bits per heavy atom. The number of rotatable bonds is 8. The topological polar surface area (TPSA) is 125 Å². The van der Waals surface area contributed by atoms with Crippen LogP contribution in [0.4, 0.5) is 0 Å². The molecule has 2 aromatic heterocycles. The molecule has 6 rings (SSSR count). The molecule has 276 valence electrons. The highest BCUT2D eigenvalue weighted by Crippen LogP contribution is 2.36. The molecule has 0 radical (unpaired) electrons. The molecule has 2 heterocycles. The van der Waals surface area contributed by atoms with E-state index in [0.29, 0.717) is 61.0 Å². The minimum absolute atomic E-state index is 0.0988. The van der Waals surface area contributed by atoms with Gasteiger partial charge in [0.25, 0.3) is 11.1 Å². The van der Waals surface area contributed by atoms with Gasteiger partial charge < -0.3 is 29.7 Å². The van der Waals surface area contributed by atoms with E-state index in [9.17, 15) is 19.8 Å². The lowest BCUT2D eigenvalue weighted by atomic mass is 10.0. The van der Waals surface area contributed by atoms with Gasteiger partial charge in [-0.1, -0.05) is 90.1 Å². The van der Waals surface area contributed by atoms with E-state index in [2.05, 4.69) is 16.5 Å². The Labute approximate surface area is 315 Å². The number of benzene rings is 4. The molecule has 0 aliphatic rings. The summed E-state index contributed by atoms with van der Waals surface area (Å²) < 4.78 is 12.2. The Bertz CT molecular complexity index is 2390. The summed E-state index contributed by atoms with van der Waals surface area (Å²) in [6.07, 6.45) is 4.80. The largest absolute Gasteiger partial charge is 0.506 e. The van der Waals surface area contributed by atoms with Gasteiger partial charge in [0.15, 0.2) is 0 Å². The van der Waals surface area contributed by atoms with Crippen LogP contribution in [0.5, 0.6) is 28.7 Å². The zero-order chi connectivity index (χ0) is 39.2. The molecule has 0 saturated heterocycles. The van der Waals surface area contributed by atoms with Crippen LogP contribution >= 0.6 is 11.6 Å². The minimum Gasteiger partial charge on any atom is -0.506 e. The minimum atomic E-state index is -0.476. The summed E-state index contributed by atoms with van der Waals surface area (Å²) >= 11 is 6.05. The van der Waals surface area contributed by atoms with E-state index in [1.165, 1.54) is 0 Å². The number of halogens is 1. The monoisotopic (exact) mass is 734 g/mol. The Kier molecular flexibility index (Phi) is 15.3. The molecule has 0 saturated carbocycles. The lowest BCUT2D eigenvalue weighted by molar-refractivity contribution is 0.435. The Balaban J connectivity index is 0.00000120. The van der Waals surface area contributed by atoms with Crippen molar-refractivity contribution in [3.63, 3.8) is 0 Å². The number of aromatic hydroxyl groups is 2. The lowest BCUT2D eigenvalue weighted by Crippen LogP contribution is -2.12. The average Bonchev–Trinajstić information content (AvgIpc) is 3.14. The second kappa shape index (κ2) is 19.6. The molecule has 0 aliphatic heterocycles. The van der Waals surface area contributed by atoms with E-state index in [1.807, 2.05) is 60.6 Å². The maximum absolute atomic E-state index is 13.0. The summed E-state index contributed by atoms with van der Waals surface area (Å²) in [5.74, 6) is 1.40. The fourth-order valence-corrected chi connectivity index (χ4v) is 5.56. The third kappa shape index (κ3) is 9.87. The van der Waals surface area contributed by atoms with Crippen LogP contribution in [0.2, 0.25) is 5.02 Å². The SMILES string of the molecule is C=C/C=C(\C=C(/C)c1c(O)c2ccc(Cl)cc2[nH]c1=O)Oc1cccc(Oc2cccc(-c3c(O)c4ccc(C)cc4[nH]c3=O)c2)c1.CC.CC.CC. The van der Waals surface area contributed by atoms with Crippen molar-refractivity contribution in [1.29, 1.82) is 0 Å². The van der Waals surface area contributed by atoms with Gasteiger partial charge in [0.2, 0.25) is 0 Å². The zero-order valence-electron chi connectivity index (χ0n) is 31.4. The molecule has 4 aromatic carbocycles. The van der Waals surface area contributed by atoms with Gasteiger partial charge in [-0.2, -0.15) is 0 Å². The molecular weight excluding hydrogens is 688 g/mol. The van der Waals surface area contributed by atoms with E-state index in [-0.39, 0.29) is 22.6 Å². The van der Waals surface area contributed by atoms with Crippen LogP contribution in [0.1, 0.15) is 59.6 Å². The first kappa shape index (κ1) is 41.4. The number of aromatic amines is 2. The van der Waals surface area contributed by atoms with E-state index in [4.69, 9.17) is 21.1 Å². The van der Waals surface area contributed by atoms with E-state index >= 15 is 0 Å². The molecule has 0 fully saturated rings. The van der Waals surface area contributed by atoms with Gasteiger partial charge in [-0.3, -0.25) is 9.59 Å². The van der Waals surface area contributed by atoms with Crippen LogP contribution in [0.15, 0.2) is 125 Å². The molecule has 0 unspecified atom stereocenters. The molecule has 0 aliphatic carbocycles. The summed E-state index contributed by atoms with van der Waals surface area (Å²) in [5, 5.41) is 23.4. The van der Waals surface area contributed by atoms with Crippen molar-refractivity contribution in [3.8, 4) is 39.9 Å². The quantitative estimate of drug-likeness (QED) is 0.0911. The van der Waals surface area contributed by atoms with Crippen LogP contribution < -0.4 is 20.6 Å². The molecule has 6 aromatic rings. The highest BCUT2D eigenvalue weighted by atomic mass is 35.5. The smallest absolute Gasteiger partial charge is 0.260 e. The highest BCUT2D eigenvalue weighted by molar-refractivity contribution is 6.31. The summed E-state index contributed by atoms with van der Waals surface area (Å²) in [4.78, 5) is 31.5. The molecule has 8 nitrogen and oxygen atoms in total. The van der Waals surface area contributed by atoms with Crippen molar-refractivity contribution in [3.05, 3.63) is 152 Å².